The number of nitrogens with one attached hydrogen (secondary N) is 2. The summed E-state index contributed by atoms with van der Waals surface area (Å²) in [7, 11) is 0. The molecular formula is C26H32N4O5. The maximum atomic E-state index is 12.9. The molecule has 0 saturated heterocycles. The number of aryl methyl sites for hydroxylation is 4. The fraction of sp³-hybridized carbons (Fsp3) is 0.385. The van der Waals surface area contributed by atoms with E-state index in [1.165, 1.54) is 16.7 Å². The molecule has 9 heteroatoms. The number of nitrogens with zero attached hydrogens (tertiary/aromatic N) is 2. The van der Waals surface area contributed by atoms with Crippen molar-refractivity contribution < 1.29 is 24.2 Å². The number of carboxylic acid groups (broad SMARTS) is 1. The number of ether oxygens (including phenoxy) is 1. The summed E-state index contributed by atoms with van der Waals surface area (Å²) in [4.78, 5) is 39.3. The third-order valence-electron chi connectivity index (χ3n) is 6.09. The number of imidazole rings is 1. The molecule has 3 rings (SSSR count). The molecule has 0 spiro atoms. The number of fused-ring (bicyclic) bond motifs is 1. The Morgan fingerprint density at radius 1 is 1.20 bits per heavy atom. The number of pyridine rings is 1. The highest BCUT2D eigenvalue weighted by atomic mass is 16.5. The van der Waals surface area contributed by atoms with Gasteiger partial charge in [0.05, 0.1) is 23.6 Å². The maximum Gasteiger partial charge on any atom is 0.332 e. The first-order valence-electron chi connectivity index (χ1n) is 11.6. The second-order valence-corrected chi connectivity index (χ2v) is 8.54. The van der Waals surface area contributed by atoms with E-state index >= 15 is 0 Å². The maximum absolute atomic E-state index is 12.9. The molecular weight excluding hydrogens is 448 g/mol. The molecule has 0 aliphatic rings. The van der Waals surface area contributed by atoms with Gasteiger partial charge in [0.1, 0.15) is 6.29 Å². The van der Waals surface area contributed by atoms with E-state index in [1.54, 1.807) is 12.3 Å². The van der Waals surface area contributed by atoms with Crippen LogP contribution in [0.2, 0.25) is 0 Å². The van der Waals surface area contributed by atoms with Gasteiger partial charge in [-0.3, -0.25) is 4.79 Å². The van der Waals surface area contributed by atoms with Crippen LogP contribution in [0.5, 0.6) is 0 Å². The molecule has 186 valence electrons. The Balaban J connectivity index is 1.74. The van der Waals surface area contributed by atoms with Gasteiger partial charge >= 0.3 is 5.97 Å². The summed E-state index contributed by atoms with van der Waals surface area (Å²) in [6.45, 7) is 8.77. The number of anilines is 1. The summed E-state index contributed by atoms with van der Waals surface area (Å²) in [6.07, 6.45) is 1.52. The Labute approximate surface area is 204 Å². The number of carbonyl (C=O) groups is 3. The highest BCUT2D eigenvalue weighted by Crippen LogP contribution is 2.24. The third kappa shape index (κ3) is 6.24. The van der Waals surface area contributed by atoms with Gasteiger partial charge in [0.25, 0.3) is 5.91 Å². The first kappa shape index (κ1) is 25.9. The number of amides is 1. The molecule has 3 N–H and O–H groups in total. The molecule has 1 atom stereocenters. The lowest BCUT2D eigenvalue weighted by atomic mass is 10.0. The summed E-state index contributed by atoms with van der Waals surface area (Å²) in [5.74, 6) is -1.44. The van der Waals surface area contributed by atoms with E-state index in [-0.39, 0.29) is 31.9 Å². The van der Waals surface area contributed by atoms with Crippen molar-refractivity contribution in [3.63, 3.8) is 0 Å². The van der Waals surface area contributed by atoms with Crippen LogP contribution in [0.3, 0.4) is 0 Å². The zero-order valence-corrected chi connectivity index (χ0v) is 20.6. The highest BCUT2D eigenvalue weighted by Gasteiger charge is 2.18. The van der Waals surface area contributed by atoms with Gasteiger partial charge in [0.2, 0.25) is 0 Å². The Morgan fingerprint density at radius 2 is 1.91 bits per heavy atom. The van der Waals surface area contributed by atoms with Crippen LogP contribution in [0.1, 0.15) is 51.3 Å². The minimum Gasteiger partial charge on any atom is -0.479 e. The van der Waals surface area contributed by atoms with Gasteiger partial charge in [-0.15, -0.1) is 0 Å². The van der Waals surface area contributed by atoms with Gasteiger partial charge in [-0.25, -0.2) is 9.78 Å². The van der Waals surface area contributed by atoms with Crippen LogP contribution in [0.25, 0.3) is 5.65 Å². The number of benzene rings is 1. The smallest absolute Gasteiger partial charge is 0.332 e. The average molecular weight is 481 g/mol. The molecule has 3 aromatic rings. The van der Waals surface area contributed by atoms with E-state index in [2.05, 4.69) is 41.6 Å². The first-order chi connectivity index (χ1) is 16.7. The van der Waals surface area contributed by atoms with Crippen molar-refractivity contribution in [2.45, 2.75) is 53.2 Å². The van der Waals surface area contributed by atoms with Gasteiger partial charge in [-0.05, 0) is 56.9 Å². The van der Waals surface area contributed by atoms with Crippen molar-refractivity contribution >= 4 is 29.5 Å². The van der Waals surface area contributed by atoms with Crippen molar-refractivity contribution in [3.8, 4) is 0 Å². The number of hydrogen-bond acceptors (Lipinski definition) is 6. The normalized spacial score (nSPS) is 11.9. The van der Waals surface area contributed by atoms with Gasteiger partial charge in [0, 0.05) is 31.4 Å². The minimum absolute atomic E-state index is 0.0185. The second-order valence-electron chi connectivity index (χ2n) is 8.54. The Hall–Kier alpha value is -3.72. The molecule has 1 unspecified atom stereocenters. The monoisotopic (exact) mass is 480 g/mol. The number of aldehydes is 1. The molecule has 1 amide bonds. The topological polar surface area (TPSA) is 122 Å². The lowest BCUT2D eigenvalue weighted by Crippen LogP contribution is -2.31. The second kappa shape index (κ2) is 11.6. The SMILES string of the molecule is Cc1cccc(C)c1CNc1cc(C(=O)NCCOC(CCC=O)C(=O)O)cn2c(C)c(C)nc12. The van der Waals surface area contributed by atoms with E-state index in [4.69, 9.17) is 9.84 Å². The summed E-state index contributed by atoms with van der Waals surface area (Å²) in [5.41, 5.74) is 7.31. The fourth-order valence-electron chi connectivity index (χ4n) is 3.90. The van der Waals surface area contributed by atoms with Gasteiger partial charge < -0.3 is 29.7 Å². The van der Waals surface area contributed by atoms with Crippen LogP contribution in [-0.4, -0.2) is 51.9 Å². The van der Waals surface area contributed by atoms with Crippen molar-refractivity contribution in [1.82, 2.24) is 14.7 Å². The van der Waals surface area contributed by atoms with Gasteiger partial charge in [0.15, 0.2) is 11.8 Å². The van der Waals surface area contributed by atoms with Gasteiger partial charge in [-0.2, -0.15) is 0 Å². The number of rotatable bonds is 12. The van der Waals surface area contributed by atoms with Crippen LogP contribution in [-0.2, 0) is 20.9 Å². The van der Waals surface area contributed by atoms with Crippen LogP contribution in [0, 0.1) is 27.7 Å². The molecule has 2 heterocycles. The van der Waals surface area contributed by atoms with Crippen LogP contribution in [0.4, 0.5) is 5.69 Å². The number of hydrogen-bond donors (Lipinski definition) is 3. The molecule has 0 saturated carbocycles. The number of aliphatic carboxylic acids is 1. The van der Waals surface area contributed by atoms with Crippen molar-refractivity contribution in [2.24, 2.45) is 0 Å². The highest BCUT2D eigenvalue weighted by molar-refractivity contribution is 5.96. The molecule has 9 nitrogen and oxygen atoms in total. The Bertz CT molecular complexity index is 1210. The van der Waals surface area contributed by atoms with Crippen molar-refractivity contribution in [2.75, 3.05) is 18.5 Å². The summed E-state index contributed by atoms with van der Waals surface area (Å²) >= 11 is 0. The first-order valence-corrected chi connectivity index (χ1v) is 11.6. The fourth-order valence-corrected chi connectivity index (χ4v) is 3.90. The Kier molecular flexibility index (Phi) is 8.59. The standard InChI is InChI=1S/C26H32N4O5/c1-16-7-5-8-17(2)21(16)14-28-22-13-20(15-30-19(4)18(3)29-24(22)30)25(32)27-10-12-35-23(26(33)34)9-6-11-31/h5,7-8,11,13,15,23,28H,6,9-10,12,14H2,1-4H3,(H,27,32)(H,33,34). The van der Waals surface area contributed by atoms with Crippen molar-refractivity contribution in [1.29, 1.82) is 0 Å². The van der Waals surface area contributed by atoms with E-state index in [1.807, 2.05) is 24.3 Å². The largest absolute Gasteiger partial charge is 0.479 e. The number of carbonyl (C=O) groups excluding carboxylic acids is 2. The lowest BCUT2D eigenvalue weighted by Gasteiger charge is -2.15. The molecule has 0 radical (unpaired) electrons. The number of carboxylic acids is 1. The Morgan fingerprint density at radius 3 is 2.57 bits per heavy atom. The zero-order chi connectivity index (χ0) is 25.5. The van der Waals surface area contributed by atoms with E-state index in [0.29, 0.717) is 18.4 Å². The van der Waals surface area contributed by atoms with E-state index in [9.17, 15) is 14.4 Å². The molecule has 35 heavy (non-hydrogen) atoms. The predicted octanol–water partition coefficient (Wildman–Crippen LogP) is 3.36. The molecule has 2 aromatic heterocycles. The third-order valence-corrected chi connectivity index (χ3v) is 6.09. The molecule has 0 bridgehead atoms. The molecule has 0 fully saturated rings. The zero-order valence-electron chi connectivity index (χ0n) is 20.6. The van der Waals surface area contributed by atoms with Crippen molar-refractivity contribution in [3.05, 3.63) is 64.1 Å². The molecule has 1 aromatic carbocycles. The van der Waals surface area contributed by atoms with Gasteiger partial charge in [-0.1, -0.05) is 18.2 Å². The lowest BCUT2D eigenvalue weighted by molar-refractivity contribution is -0.150. The van der Waals surface area contributed by atoms with E-state index < -0.39 is 12.1 Å². The summed E-state index contributed by atoms with van der Waals surface area (Å²) in [6, 6.07) is 7.95. The number of aromatic nitrogens is 2. The molecule has 0 aliphatic heterocycles. The van der Waals surface area contributed by atoms with Crippen LogP contribution >= 0.6 is 0 Å². The quantitative estimate of drug-likeness (QED) is 0.268. The van der Waals surface area contributed by atoms with Crippen LogP contribution in [0.15, 0.2) is 30.5 Å². The van der Waals surface area contributed by atoms with E-state index in [0.717, 1.165) is 22.7 Å². The summed E-state index contributed by atoms with van der Waals surface area (Å²) in [5, 5.41) is 15.4. The van der Waals surface area contributed by atoms with Crippen LogP contribution < -0.4 is 10.6 Å². The summed E-state index contributed by atoms with van der Waals surface area (Å²) < 4.78 is 7.21. The minimum atomic E-state index is -1.13. The average Bonchev–Trinajstić information content (AvgIpc) is 3.11. The molecule has 0 aliphatic carbocycles. The predicted molar refractivity (Wildman–Crippen MR) is 133 cm³/mol.